The zero-order chi connectivity index (χ0) is 7.84. The molecule has 0 atom stereocenters. The van der Waals surface area contributed by atoms with E-state index in [1.165, 1.54) is 6.07 Å². The first-order valence-electron chi connectivity index (χ1n) is 3.53. The highest BCUT2D eigenvalue weighted by molar-refractivity contribution is 5.64. The Balaban J connectivity index is 2.62. The lowest BCUT2D eigenvalue weighted by atomic mass is 10.1. The molecule has 0 amide bonds. The number of aromatic hydroxyl groups is 1. The Hall–Kier alpha value is -1.25. The Bertz CT molecular complexity index is 298. The molecule has 1 aliphatic rings. The predicted molar refractivity (Wildman–Crippen MR) is 40.3 cm³/mol. The van der Waals surface area contributed by atoms with Gasteiger partial charge in [0.15, 0.2) is 11.6 Å². The molecule has 1 aromatic carbocycles. The maximum atomic E-state index is 12.7. The molecular weight excluding hydrogens is 145 g/mol. The van der Waals surface area contributed by atoms with Gasteiger partial charge in [-0.15, -0.1) is 0 Å². The lowest BCUT2D eigenvalue weighted by Crippen LogP contribution is -1.91. The third-order valence-corrected chi connectivity index (χ3v) is 1.91. The third kappa shape index (κ3) is 0.843. The van der Waals surface area contributed by atoms with Crippen molar-refractivity contribution in [3.8, 4) is 5.75 Å². The van der Waals surface area contributed by atoms with Gasteiger partial charge >= 0.3 is 0 Å². The molecule has 0 bridgehead atoms. The number of hydrogen-bond acceptors (Lipinski definition) is 2. The van der Waals surface area contributed by atoms with Crippen LogP contribution in [0.25, 0.3) is 0 Å². The molecular formula is C8H8FNO. The van der Waals surface area contributed by atoms with Crippen molar-refractivity contribution in [2.45, 2.75) is 6.42 Å². The standard InChI is InChI=1S/C8H8FNO/c9-6-2-1-5-3-4-10-7(5)8(6)11/h1-2,10-11H,3-4H2. The van der Waals surface area contributed by atoms with Crippen LogP contribution in [0.1, 0.15) is 5.56 Å². The Morgan fingerprint density at radius 2 is 2.27 bits per heavy atom. The average molecular weight is 153 g/mol. The van der Waals surface area contributed by atoms with Crippen molar-refractivity contribution in [1.82, 2.24) is 0 Å². The number of anilines is 1. The largest absolute Gasteiger partial charge is 0.503 e. The minimum absolute atomic E-state index is 0.250. The van der Waals surface area contributed by atoms with Crippen LogP contribution in [0, 0.1) is 5.82 Å². The molecule has 0 aliphatic carbocycles. The molecule has 1 aromatic rings. The smallest absolute Gasteiger partial charge is 0.175 e. The summed E-state index contributed by atoms with van der Waals surface area (Å²) in [5, 5.41) is 12.1. The Kier molecular flexibility index (Phi) is 1.24. The topological polar surface area (TPSA) is 32.3 Å². The highest BCUT2D eigenvalue weighted by atomic mass is 19.1. The van der Waals surface area contributed by atoms with Gasteiger partial charge in [-0.25, -0.2) is 4.39 Å². The number of rotatable bonds is 0. The monoisotopic (exact) mass is 153 g/mol. The summed E-state index contributed by atoms with van der Waals surface area (Å²) in [6.45, 7) is 0.784. The molecule has 2 nitrogen and oxygen atoms in total. The van der Waals surface area contributed by atoms with Gasteiger partial charge < -0.3 is 10.4 Å². The summed E-state index contributed by atoms with van der Waals surface area (Å²) in [5.74, 6) is -0.807. The van der Waals surface area contributed by atoms with E-state index in [1.807, 2.05) is 0 Å². The highest BCUT2D eigenvalue weighted by Crippen LogP contribution is 2.33. The highest BCUT2D eigenvalue weighted by Gasteiger charge is 2.16. The predicted octanol–water partition coefficient (Wildman–Crippen LogP) is 1.50. The zero-order valence-corrected chi connectivity index (χ0v) is 5.89. The van der Waals surface area contributed by atoms with Crippen molar-refractivity contribution >= 4 is 5.69 Å². The number of fused-ring (bicyclic) bond motifs is 1. The molecule has 11 heavy (non-hydrogen) atoms. The summed E-state index contributed by atoms with van der Waals surface area (Å²) in [6.07, 6.45) is 0.864. The van der Waals surface area contributed by atoms with Gasteiger partial charge in [-0.2, -0.15) is 0 Å². The summed E-state index contributed by atoms with van der Waals surface area (Å²) in [6, 6.07) is 2.99. The summed E-state index contributed by atoms with van der Waals surface area (Å²) >= 11 is 0. The van der Waals surface area contributed by atoms with Crippen LogP contribution in [0.3, 0.4) is 0 Å². The summed E-state index contributed by atoms with van der Waals surface area (Å²) < 4.78 is 12.7. The van der Waals surface area contributed by atoms with E-state index in [0.717, 1.165) is 18.5 Å². The summed E-state index contributed by atoms with van der Waals surface area (Å²) in [5.41, 5.74) is 1.55. The van der Waals surface area contributed by atoms with Gasteiger partial charge in [0.1, 0.15) is 0 Å². The first kappa shape index (κ1) is 6.46. The van der Waals surface area contributed by atoms with Gasteiger partial charge in [0.2, 0.25) is 0 Å². The molecule has 3 heteroatoms. The first-order valence-corrected chi connectivity index (χ1v) is 3.53. The Labute approximate surface area is 63.7 Å². The van der Waals surface area contributed by atoms with Crippen molar-refractivity contribution in [2.24, 2.45) is 0 Å². The fourth-order valence-corrected chi connectivity index (χ4v) is 1.34. The summed E-state index contributed by atoms with van der Waals surface area (Å²) in [7, 11) is 0. The van der Waals surface area contributed by atoms with E-state index in [-0.39, 0.29) is 5.75 Å². The van der Waals surface area contributed by atoms with E-state index in [0.29, 0.717) is 5.69 Å². The maximum absolute atomic E-state index is 12.7. The lowest BCUT2D eigenvalue weighted by molar-refractivity contribution is 0.435. The number of hydrogen-bond donors (Lipinski definition) is 2. The van der Waals surface area contributed by atoms with Crippen LogP contribution in [0.5, 0.6) is 5.75 Å². The molecule has 2 N–H and O–H groups in total. The first-order chi connectivity index (χ1) is 5.29. The molecule has 1 aliphatic heterocycles. The fourth-order valence-electron chi connectivity index (χ4n) is 1.34. The maximum Gasteiger partial charge on any atom is 0.175 e. The minimum Gasteiger partial charge on any atom is -0.503 e. The van der Waals surface area contributed by atoms with E-state index in [1.54, 1.807) is 6.07 Å². The average Bonchev–Trinajstić information content (AvgIpc) is 2.45. The van der Waals surface area contributed by atoms with Gasteiger partial charge in [0.25, 0.3) is 0 Å². The second-order valence-corrected chi connectivity index (χ2v) is 2.61. The van der Waals surface area contributed by atoms with Gasteiger partial charge in [-0.05, 0) is 18.1 Å². The van der Waals surface area contributed by atoms with Gasteiger partial charge in [-0.1, -0.05) is 6.07 Å². The van der Waals surface area contributed by atoms with E-state index in [2.05, 4.69) is 5.32 Å². The molecule has 2 rings (SSSR count). The van der Waals surface area contributed by atoms with E-state index >= 15 is 0 Å². The summed E-state index contributed by atoms with van der Waals surface area (Å²) in [4.78, 5) is 0. The zero-order valence-electron chi connectivity index (χ0n) is 5.89. The van der Waals surface area contributed by atoms with Gasteiger partial charge in [-0.3, -0.25) is 0 Å². The van der Waals surface area contributed by atoms with Crippen molar-refractivity contribution in [3.05, 3.63) is 23.5 Å². The van der Waals surface area contributed by atoms with Crippen molar-refractivity contribution in [2.75, 3.05) is 11.9 Å². The number of phenols is 1. The second kappa shape index (κ2) is 2.12. The van der Waals surface area contributed by atoms with Gasteiger partial charge in [0.05, 0.1) is 5.69 Å². The molecule has 0 unspecified atom stereocenters. The molecule has 0 saturated carbocycles. The molecule has 1 heterocycles. The van der Waals surface area contributed by atoms with Gasteiger partial charge in [0, 0.05) is 6.54 Å². The van der Waals surface area contributed by atoms with Crippen LogP contribution >= 0.6 is 0 Å². The van der Waals surface area contributed by atoms with Crippen LogP contribution in [0.4, 0.5) is 10.1 Å². The molecule has 0 spiro atoms. The Morgan fingerprint density at radius 3 is 3.09 bits per heavy atom. The molecule has 0 radical (unpaired) electrons. The number of nitrogens with one attached hydrogen (secondary N) is 1. The van der Waals surface area contributed by atoms with Crippen LogP contribution in [-0.4, -0.2) is 11.7 Å². The number of halogens is 1. The number of benzene rings is 1. The van der Waals surface area contributed by atoms with Crippen LogP contribution < -0.4 is 5.32 Å². The quantitative estimate of drug-likeness (QED) is 0.553. The van der Waals surface area contributed by atoms with Crippen LogP contribution in [-0.2, 0) is 6.42 Å². The molecule has 0 fully saturated rings. The minimum atomic E-state index is -0.557. The lowest BCUT2D eigenvalue weighted by Gasteiger charge is -2.02. The third-order valence-electron chi connectivity index (χ3n) is 1.91. The van der Waals surface area contributed by atoms with Crippen LogP contribution in [0.2, 0.25) is 0 Å². The molecule has 58 valence electrons. The fraction of sp³-hybridized carbons (Fsp3) is 0.250. The molecule has 0 saturated heterocycles. The Morgan fingerprint density at radius 1 is 1.45 bits per heavy atom. The van der Waals surface area contributed by atoms with Crippen LogP contribution in [0.15, 0.2) is 12.1 Å². The van der Waals surface area contributed by atoms with Crippen molar-refractivity contribution in [1.29, 1.82) is 0 Å². The van der Waals surface area contributed by atoms with Crippen molar-refractivity contribution < 1.29 is 9.50 Å². The number of phenolic OH excluding ortho intramolecular Hbond substituents is 1. The second-order valence-electron chi connectivity index (χ2n) is 2.61. The van der Waals surface area contributed by atoms with E-state index < -0.39 is 5.82 Å². The molecule has 0 aromatic heterocycles. The van der Waals surface area contributed by atoms with E-state index in [4.69, 9.17) is 0 Å². The van der Waals surface area contributed by atoms with E-state index in [9.17, 15) is 9.50 Å². The normalized spacial score (nSPS) is 14.3. The van der Waals surface area contributed by atoms with Crippen molar-refractivity contribution in [3.63, 3.8) is 0 Å². The SMILES string of the molecule is Oc1c(F)ccc2c1NCC2.